The summed E-state index contributed by atoms with van der Waals surface area (Å²) in [5.74, 6) is 0.593. The van der Waals surface area contributed by atoms with E-state index in [1.54, 1.807) is 26.4 Å². The molecule has 0 saturated carbocycles. The Labute approximate surface area is 88.9 Å². The van der Waals surface area contributed by atoms with E-state index in [2.05, 4.69) is 15.6 Å². The molecule has 1 aromatic rings. The average Bonchev–Trinajstić information content (AvgIpc) is 2.29. The maximum atomic E-state index is 10.9. The first-order valence-corrected chi connectivity index (χ1v) is 4.70. The summed E-state index contributed by atoms with van der Waals surface area (Å²) in [7, 11) is 3.19. The summed E-state index contributed by atoms with van der Waals surface area (Å²) >= 11 is 0. The summed E-state index contributed by atoms with van der Waals surface area (Å²) in [6.07, 6.45) is 2.12. The number of anilines is 1. The van der Waals surface area contributed by atoms with Crippen molar-refractivity contribution in [2.24, 2.45) is 0 Å². The van der Waals surface area contributed by atoms with Gasteiger partial charge in [0.2, 0.25) is 11.8 Å². The number of amides is 1. The van der Waals surface area contributed by atoms with E-state index in [0.29, 0.717) is 18.8 Å². The molecule has 0 radical (unpaired) electrons. The third-order valence-electron chi connectivity index (χ3n) is 1.91. The highest BCUT2D eigenvalue weighted by molar-refractivity contribution is 5.76. The second kappa shape index (κ2) is 5.85. The minimum absolute atomic E-state index is 0.0176. The van der Waals surface area contributed by atoms with Gasteiger partial charge in [-0.15, -0.1) is 0 Å². The van der Waals surface area contributed by atoms with Crippen molar-refractivity contribution in [3.63, 3.8) is 0 Å². The summed E-state index contributed by atoms with van der Waals surface area (Å²) in [4.78, 5) is 14.9. The van der Waals surface area contributed by atoms with Crippen LogP contribution in [0.1, 0.15) is 6.42 Å². The number of ether oxygens (including phenoxy) is 1. The van der Waals surface area contributed by atoms with Gasteiger partial charge >= 0.3 is 0 Å². The zero-order chi connectivity index (χ0) is 11.1. The second-order valence-corrected chi connectivity index (χ2v) is 2.94. The number of pyridine rings is 1. The molecule has 1 amide bonds. The Morgan fingerprint density at radius 1 is 1.53 bits per heavy atom. The normalized spacial score (nSPS) is 9.47. The number of rotatable bonds is 5. The molecule has 0 aliphatic rings. The van der Waals surface area contributed by atoms with Gasteiger partial charge in [-0.05, 0) is 6.07 Å². The highest BCUT2D eigenvalue weighted by atomic mass is 16.5. The van der Waals surface area contributed by atoms with E-state index >= 15 is 0 Å². The van der Waals surface area contributed by atoms with E-state index in [0.717, 1.165) is 5.69 Å². The van der Waals surface area contributed by atoms with Crippen LogP contribution in [-0.2, 0) is 4.79 Å². The van der Waals surface area contributed by atoms with Crippen molar-refractivity contribution in [1.82, 2.24) is 10.3 Å². The molecule has 2 N–H and O–H groups in total. The van der Waals surface area contributed by atoms with Crippen LogP contribution in [0.15, 0.2) is 18.3 Å². The van der Waals surface area contributed by atoms with E-state index in [1.807, 2.05) is 6.07 Å². The van der Waals surface area contributed by atoms with E-state index in [4.69, 9.17) is 4.74 Å². The van der Waals surface area contributed by atoms with E-state index < -0.39 is 0 Å². The quantitative estimate of drug-likeness (QED) is 0.747. The lowest BCUT2D eigenvalue weighted by atomic mass is 10.3. The van der Waals surface area contributed by atoms with Gasteiger partial charge in [0, 0.05) is 26.1 Å². The van der Waals surface area contributed by atoms with Crippen molar-refractivity contribution in [2.75, 3.05) is 26.0 Å². The fourth-order valence-corrected chi connectivity index (χ4v) is 1.05. The molecule has 1 heterocycles. The van der Waals surface area contributed by atoms with Gasteiger partial charge in [-0.3, -0.25) is 4.79 Å². The van der Waals surface area contributed by atoms with Crippen molar-refractivity contribution in [1.29, 1.82) is 0 Å². The Hall–Kier alpha value is -1.78. The molecular formula is C10H15N3O2. The minimum Gasteiger partial charge on any atom is -0.481 e. The zero-order valence-corrected chi connectivity index (χ0v) is 8.91. The lowest BCUT2D eigenvalue weighted by Gasteiger charge is -2.05. The number of nitrogens with one attached hydrogen (secondary N) is 2. The molecule has 5 nitrogen and oxygen atoms in total. The highest BCUT2D eigenvalue weighted by Gasteiger charge is 1.98. The molecule has 0 atom stereocenters. The lowest BCUT2D eigenvalue weighted by molar-refractivity contribution is -0.120. The van der Waals surface area contributed by atoms with Gasteiger partial charge in [0.05, 0.1) is 19.0 Å². The van der Waals surface area contributed by atoms with Crippen LogP contribution in [0, 0.1) is 0 Å². The van der Waals surface area contributed by atoms with Crippen molar-refractivity contribution in [3.05, 3.63) is 18.3 Å². The van der Waals surface area contributed by atoms with Crippen LogP contribution in [-0.4, -0.2) is 31.6 Å². The fourth-order valence-electron chi connectivity index (χ4n) is 1.05. The molecule has 0 aromatic carbocycles. The zero-order valence-electron chi connectivity index (χ0n) is 8.91. The first kappa shape index (κ1) is 11.3. The standard InChI is InChI=1S/C10H15N3O2/c1-11-9(14)5-6-12-8-3-4-10(15-2)13-7-8/h3-4,7,12H,5-6H2,1-2H3,(H,11,14). The van der Waals surface area contributed by atoms with Crippen LogP contribution in [0.25, 0.3) is 0 Å². The second-order valence-electron chi connectivity index (χ2n) is 2.94. The number of methoxy groups -OCH3 is 1. The predicted octanol–water partition coefficient (Wildman–Crippen LogP) is 0.638. The fraction of sp³-hybridized carbons (Fsp3) is 0.400. The van der Waals surface area contributed by atoms with Crippen LogP contribution in [0.3, 0.4) is 0 Å². The molecule has 0 fully saturated rings. The number of aromatic nitrogens is 1. The molecule has 0 unspecified atom stereocenters. The minimum atomic E-state index is 0.0176. The Bertz CT molecular complexity index is 311. The van der Waals surface area contributed by atoms with Gasteiger partial charge in [-0.2, -0.15) is 0 Å². The van der Waals surface area contributed by atoms with Crippen LogP contribution >= 0.6 is 0 Å². The van der Waals surface area contributed by atoms with Crippen LogP contribution in [0.2, 0.25) is 0 Å². The molecular weight excluding hydrogens is 194 g/mol. The molecule has 0 bridgehead atoms. The number of hydrogen-bond donors (Lipinski definition) is 2. The van der Waals surface area contributed by atoms with Gasteiger partial charge in [0.15, 0.2) is 0 Å². The smallest absolute Gasteiger partial charge is 0.221 e. The van der Waals surface area contributed by atoms with Gasteiger partial charge in [-0.25, -0.2) is 4.98 Å². The highest BCUT2D eigenvalue weighted by Crippen LogP contribution is 2.10. The van der Waals surface area contributed by atoms with Crippen molar-refractivity contribution in [3.8, 4) is 5.88 Å². The van der Waals surface area contributed by atoms with Gasteiger partial charge in [0.25, 0.3) is 0 Å². The molecule has 1 aromatic heterocycles. The van der Waals surface area contributed by atoms with Crippen LogP contribution in [0.5, 0.6) is 5.88 Å². The largest absolute Gasteiger partial charge is 0.481 e. The van der Waals surface area contributed by atoms with E-state index in [-0.39, 0.29) is 5.91 Å². The molecule has 1 rings (SSSR count). The topological polar surface area (TPSA) is 63.2 Å². The van der Waals surface area contributed by atoms with Gasteiger partial charge < -0.3 is 15.4 Å². The maximum absolute atomic E-state index is 10.9. The van der Waals surface area contributed by atoms with E-state index in [1.165, 1.54) is 0 Å². The van der Waals surface area contributed by atoms with Crippen molar-refractivity contribution in [2.45, 2.75) is 6.42 Å². The molecule has 5 heteroatoms. The third-order valence-corrected chi connectivity index (χ3v) is 1.91. The summed E-state index contributed by atoms with van der Waals surface area (Å²) < 4.78 is 4.93. The average molecular weight is 209 g/mol. The monoisotopic (exact) mass is 209 g/mol. The van der Waals surface area contributed by atoms with Gasteiger partial charge in [0.1, 0.15) is 0 Å². The number of hydrogen-bond acceptors (Lipinski definition) is 4. The molecule has 0 spiro atoms. The summed E-state index contributed by atoms with van der Waals surface area (Å²) in [5.41, 5.74) is 0.875. The molecule has 0 aliphatic carbocycles. The van der Waals surface area contributed by atoms with Crippen LogP contribution < -0.4 is 15.4 Å². The first-order chi connectivity index (χ1) is 7.26. The summed E-state index contributed by atoms with van der Waals surface area (Å²) in [5, 5.41) is 5.64. The summed E-state index contributed by atoms with van der Waals surface area (Å²) in [6, 6.07) is 3.62. The van der Waals surface area contributed by atoms with Crippen molar-refractivity contribution < 1.29 is 9.53 Å². The predicted molar refractivity (Wildman–Crippen MR) is 58.0 cm³/mol. The lowest BCUT2D eigenvalue weighted by Crippen LogP contribution is -2.20. The Morgan fingerprint density at radius 2 is 2.33 bits per heavy atom. The molecule has 15 heavy (non-hydrogen) atoms. The number of carbonyl (C=O) groups excluding carboxylic acids is 1. The first-order valence-electron chi connectivity index (χ1n) is 4.70. The van der Waals surface area contributed by atoms with Crippen molar-refractivity contribution >= 4 is 11.6 Å². The molecule has 0 saturated heterocycles. The third kappa shape index (κ3) is 3.84. The Morgan fingerprint density at radius 3 is 2.87 bits per heavy atom. The number of carbonyl (C=O) groups is 1. The summed E-state index contributed by atoms with van der Waals surface area (Å²) in [6.45, 7) is 0.591. The Balaban J connectivity index is 2.34. The van der Waals surface area contributed by atoms with Crippen LogP contribution in [0.4, 0.5) is 5.69 Å². The molecule has 0 aliphatic heterocycles. The SMILES string of the molecule is CNC(=O)CCNc1ccc(OC)nc1. The molecule has 82 valence electrons. The van der Waals surface area contributed by atoms with E-state index in [9.17, 15) is 4.79 Å². The van der Waals surface area contributed by atoms with Gasteiger partial charge in [-0.1, -0.05) is 0 Å². The maximum Gasteiger partial charge on any atom is 0.221 e. The number of nitrogens with zero attached hydrogens (tertiary/aromatic N) is 1. The Kier molecular flexibility index (Phi) is 4.40.